The van der Waals surface area contributed by atoms with Crippen molar-refractivity contribution in [2.75, 3.05) is 39.3 Å². The number of hydrogen-bond acceptors (Lipinski definition) is 5. The molecule has 0 aromatic heterocycles. The summed E-state index contributed by atoms with van der Waals surface area (Å²) < 4.78 is 10.5. The lowest BCUT2D eigenvalue weighted by Gasteiger charge is -2.24. The number of benzene rings is 2. The summed E-state index contributed by atoms with van der Waals surface area (Å²) in [5, 5.41) is 10.6. The molecule has 2 unspecified atom stereocenters. The Morgan fingerprint density at radius 3 is 2.52 bits per heavy atom. The molecule has 3 rings (SSSR count). The molecule has 1 aliphatic heterocycles. The van der Waals surface area contributed by atoms with Gasteiger partial charge in [-0.3, -0.25) is 9.59 Å². The van der Waals surface area contributed by atoms with Gasteiger partial charge in [-0.05, 0) is 29.8 Å². The molecule has 1 aliphatic rings. The summed E-state index contributed by atoms with van der Waals surface area (Å²) in [6.07, 6.45) is -0.712. The Balaban J connectivity index is 1.64. The summed E-state index contributed by atoms with van der Waals surface area (Å²) in [5.74, 6) is 0.432. The number of rotatable bonds is 7. The van der Waals surface area contributed by atoms with Crippen molar-refractivity contribution in [2.45, 2.75) is 12.5 Å². The minimum Gasteiger partial charge on any atom is -0.493 e. The van der Waals surface area contributed by atoms with E-state index in [-0.39, 0.29) is 24.8 Å². The van der Waals surface area contributed by atoms with Crippen molar-refractivity contribution in [3.8, 4) is 11.5 Å². The average Bonchev–Trinajstić information content (AvgIpc) is 3.14. The predicted octanol–water partition coefficient (Wildman–Crippen LogP) is 2.25. The highest BCUT2D eigenvalue weighted by Crippen LogP contribution is 2.31. The predicted molar refractivity (Wildman–Crippen MR) is 109 cm³/mol. The smallest absolute Gasteiger partial charge is 0.227 e. The van der Waals surface area contributed by atoms with E-state index in [4.69, 9.17) is 9.47 Å². The van der Waals surface area contributed by atoms with E-state index >= 15 is 0 Å². The number of carbonyl (C=O) groups excluding carboxylic acids is 2. The molecule has 2 atom stereocenters. The molecule has 1 saturated heterocycles. The molecule has 0 spiro atoms. The number of likely N-dealkylation sites (N-methyl/N-ethyl adjacent to an activating group) is 1. The molecule has 2 aromatic carbocycles. The molecule has 1 heterocycles. The fourth-order valence-corrected chi connectivity index (χ4v) is 3.56. The van der Waals surface area contributed by atoms with Crippen molar-refractivity contribution in [3.05, 3.63) is 54.1 Å². The van der Waals surface area contributed by atoms with Crippen molar-refractivity contribution >= 4 is 17.5 Å². The van der Waals surface area contributed by atoms with Crippen LogP contribution < -0.4 is 14.4 Å². The van der Waals surface area contributed by atoms with Gasteiger partial charge in [0.1, 0.15) is 0 Å². The van der Waals surface area contributed by atoms with Crippen LogP contribution in [0.2, 0.25) is 0 Å². The molecule has 7 heteroatoms. The van der Waals surface area contributed by atoms with E-state index in [9.17, 15) is 14.7 Å². The van der Waals surface area contributed by atoms with Gasteiger partial charge in [0.25, 0.3) is 0 Å². The SMILES string of the molecule is COc1ccc(C(O)CN(C)C(=O)C2CC(=O)N(c3ccccc3)C2)cc1OC. The third-order valence-electron chi connectivity index (χ3n) is 5.16. The number of anilines is 1. The van der Waals surface area contributed by atoms with Crippen LogP contribution in [0.1, 0.15) is 18.1 Å². The first kappa shape index (κ1) is 20.7. The highest BCUT2D eigenvalue weighted by molar-refractivity contribution is 6.00. The third-order valence-corrected chi connectivity index (χ3v) is 5.16. The number of carbonyl (C=O) groups is 2. The minimum atomic E-state index is -0.883. The van der Waals surface area contributed by atoms with Crippen LogP contribution in [-0.4, -0.2) is 56.2 Å². The van der Waals surface area contributed by atoms with Crippen molar-refractivity contribution in [1.29, 1.82) is 0 Å². The van der Waals surface area contributed by atoms with Gasteiger partial charge in [-0.15, -0.1) is 0 Å². The Morgan fingerprint density at radius 1 is 1.17 bits per heavy atom. The normalized spacial score (nSPS) is 17.2. The highest BCUT2D eigenvalue weighted by Gasteiger charge is 2.36. The Hall–Kier alpha value is -3.06. The summed E-state index contributed by atoms with van der Waals surface area (Å²) in [6, 6.07) is 14.5. The highest BCUT2D eigenvalue weighted by atomic mass is 16.5. The Bertz CT molecular complexity index is 871. The Labute approximate surface area is 170 Å². The number of nitrogens with zero attached hydrogens (tertiary/aromatic N) is 2. The maximum atomic E-state index is 12.8. The molecular weight excluding hydrogens is 372 g/mol. The molecule has 1 N–H and O–H groups in total. The second-order valence-electron chi connectivity index (χ2n) is 7.09. The number of ether oxygens (including phenoxy) is 2. The topological polar surface area (TPSA) is 79.3 Å². The van der Waals surface area contributed by atoms with Crippen LogP contribution in [0.25, 0.3) is 0 Å². The number of amides is 2. The molecule has 29 heavy (non-hydrogen) atoms. The van der Waals surface area contributed by atoms with Crippen LogP contribution >= 0.6 is 0 Å². The first-order valence-corrected chi connectivity index (χ1v) is 9.45. The van der Waals surface area contributed by atoms with Gasteiger partial charge in [0.05, 0.1) is 32.8 Å². The van der Waals surface area contributed by atoms with Gasteiger partial charge in [0.15, 0.2) is 11.5 Å². The molecule has 7 nitrogen and oxygen atoms in total. The van der Waals surface area contributed by atoms with Crippen LogP contribution in [0.15, 0.2) is 48.5 Å². The molecule has 2 amide bonds. The quantitative estimate of drug-likeness (QED) is 0.774. The molecule has 1 fully saturated rings. The molecule has 0 radical (unpaired) electrons. The zero-order valence-electron chi connectivity index (χ0n) is 16.9. The van der Waals surface area contributed by atoms with Gasteiger partial charge in [-0.2, -0.15) is 0 Å². The maximum absolute atomic E-state index is 12.8. The van der Waals surface area contributed by atoms with E-state index in [0.717, 1.165) is 5.69 Å². The van der Waals surface area contributed by atoms with Crippen molar-refractivity contribution in [1.82, 2.24) is 4.90 Å². The van der Waals surface area contributed by atoms with E-state index < -0.39 is 12.0 Å². The third kappa shape index (κ3) is 4.51. The molecular formula is C22H26N2O5. The summed E-state index contributed by atoms with van der Waals surface area (Å²) in [5.41, 5.74) is 1.41. The Kier molecular flexibility index (Phi) is 6.39. The molecule has 154 valence electrons. The molecule has 2 aromatic rings. The Morgan fingerprint density at radius 2 is 1.86 bits per heavy atom. The summed E-state index contributed by atoms with van der Waals surface area (Å²) in [7, 11) is 4.71. The first-order chi connectivity index (χ1) is 13.9. The van der Waals surface area contributed by atoms with Crippen LogP contribution in [0.4, 0.5) is 5.69 Å². The van der Waals surface area contributed by atoms with Crippen molar-refractivity contribution in [2.24, 2.45) is 5.92 Å². The van der Waals surface area contributed by atoms with Crippen LogP contribution in [0.3, 0.4) is 0 Å². The zero-order chi connectivity index (χ0) is 21.0. The van der Waals surface area contributed by atoms with Gasteiger partial charge in [-0.25, -0.2) is 0 Å². The number of methoxy groups -OCH3 is 2. The van der Waals surface area contributed by atoms with Gasteiger partial charge in [0, 0.05) is 25.7 Å². The number of hydrogen-bond donors (Lipinski definition) is 1. The van der Waals surface area contributed by atoms with E-state index in [0.29, 0.717) is 23.6 Å². The van der Waals surface area contributed by atoms with Gasteiger partial charge in [0.2, 0.25) is 11.8 Å². The fourth-order valence-electron chi connectivity index (χ4n) is 3.56. The van der Waals surface area contributed by atoms with Gasteiger partial charge in [-0.1, -0.05) is 24.3 Å². The van der Waals surface area contributed by atoms with E-state index in [1.807, 2.05) is 30.3 Å². The van der Waals surface area contributed by atoms with Crippen LogP contribution in [0.5, 0.6) is 11.5 Å². The maximum Gasteiger partial charge on any atom is 0.227 e. The minimum absolute atomic E-state index is 0.0663. The van der Waals surface area contributed by atoms with E-state index in [1.165, 1.54) is 12.0 Å². The number of para-hydroxylation sites is 1. The van der Waals surface area contributed by atoms with Crippen molar-refractivity contribution in [3.63, 3.8) is 0 Å². The van der Waals surface area contributed by atoms with Gasteiger partial charge < -0.3 is 24.4 Å². The van der Waals surface area contributed by atoms with Crippen LogP contribution in [-0.2, 0) is 9.59 Å². The number of aliphatic hydroxyl groups excluding tert-OH is 1. The average molecular weight is 398 g/mol. The zero-order valence-corrected chi connectivity index (χ0v) is 16.9. The monoisotopic (exact) mass is 398 g/mol. The second-order valence-corrected chi connectivity index (χ2v) is 7.09. The van der Waals surface area contributed by atoms with Crippen LogP contribution in [0, 0.1) is 5.92 Å². The molecule has 0 saturated carbocycles. The number of aliphatic hydroxyl groups is 1. The summed E-state index contributed by atoms with van der Waals surface area (Å²) >= 11 is 0. The standard InChI is InChI=1S/C22H26N2O5/c1-23(14-18(25)15-9-10-19(28-2)20(11-15)29-3)22(27)16-12-21(26)24(13-16)17-7-5-4-6-8-17/h4-11,16,18,25H,12-14H2,1-3H3. The first-order valence-electron chi connectivity index (χ1n) is 9.45. The summed E-state index contributed by atoms with van der Waals surface area (Å²) in [6.45, 7) is 0.461. The van der Waals surface area contributed by atoms with E-state index in [1.54, 1.807) is 37.3 Å². The lowest BCUT2D eigenvalue weighted by atomic mass is 10.1. The lowest BCUT2D eigenvalue weighted by Crippen LogP contribution is -2.37. The van der Waals surface area contributed by atoms with Gasteiger partial charge >= 0.3 is 0 Å². The van der Waals surface area contributed by atoms with Crippen molar-refractivity contribution < 1.29 is 24.2 Å². The van der Waals surface area contributed by atoms with E-state index in [2.05, 4.69) is 0 Å². The fraction of sp³-hybridized carbons (Fsp3) is 0.364. The lowest BCUT2D eigenvalue weighted by molar-refractivity contribution is -0.135. The molecule has 0 aliphatic carbocycles. The largest absolute Gasteiger partial charge is 0.493 e. The second kappa shape index (κ2) is 8.96. The summed E-state index contributed by atoms with van der Waals surface area (Å²) in [4.78, 5) is 28.3. The molecule has 0 bridgehead atoms.